The van der Waals surface area contributed by atoms with E-state index in [4.69, 9.17) is 0 Å². The maximum absolute atomic E-state index is 11.3. The number of likely N-dealkylation sites (N-methyl/N-ethyl adjacent to an activating group) is 1. The Hall–Kier alpha value is -1.20. The average Bonchev–Trinajstić information content (AvgIpc) is 2.77. The first kappa shape index (κ1) is 11.3. The lowest BCUT2D eigenvalue weighted by Crippen LogP contribution is -2.25. The number of hydrogen-bond donors (Lipinski definition) is 0. The van der Waals surface area contributed by atoms with Crippen molar-refractivity contribution < 1.29 is 9.53 Å². The van der Waals surface area contributed by atoms with Crippen LogP contribution in [0.2, 0.25) is 0 Å². The van der Waals surface area contributed by atoms with Crippen LogP contribution in [0.15, 0.2) is 11.5 Å². The van der Waals surface area contributed by atoms with Crippen molar-refractivity contribution in [2.75, 3.05) is 27.2 Å². The Labute approximate surface area is 98.6 Å². The van der Waals surface area contributed by atoms with Crippen LogP contribution in [0, 0.1) is 0 Å². The van der Waals surface area contributed by atoms with Crippen LogP contribution < -0.4 is 0 Å². The van der Waals surface area contributed by atoms with Crippen molar-refractivity contribution in [3.05, 3.63) is 22.2 Å². The Kier molecular flexibility index (Phi) is 3.36. The van der Waals surface area contributed by atoms with Gasteiger partial charge in [-0.05, 0) is 19.0 Å². The highest BCUT2D eigenvalue weighted by Crippen LogP contribution is 2.22. The Morgan fingerprint density at radius 1 is 1.62 bits per heavy atom. The molecule has 0 fully saturated rings. The molecule has 2 heterocycles. The molecule has 0 aromatic carbocycles. The summed E-state index contributed by atoms with van der Waals surface area (Å²) in [5, 5.41) is 2.34. The van der Waals surface area contributed by atoms with Gasteiger partial charge in [0.1, 0.15) is 0 Å². The Morgan fingerprint density at radius 3 is 3.12 bits per heavy atom. The highest BCUT2D eigenvalue weighted by molar-refractivity contribution is 7.11. The van der Waals surface area contributed by atoms with Crippen molar-refractivity contribution in [1.82, 2.24) is 9.88 Å². The van der Waals surface area contributed by atoms with Gasteiger partial charge in [-0.3, -0.25) is 0 Å². The van der Waals surface area contributed by atoms with Crippen LogP contribution in [0.3, 0.4) is 0 Å². The fourth-order valence-corrected chi connectivity index (χ4v) is 2.44. The van der Waals surface area contributed by atoms with Gasteiger partial charge in [0.05, 0.1) is 12.8 Å². The molecular weight excluding hydrogens is 224 g/mol. The summed E-state index contributed by atoms with van der Waals surface area (Å²) in [6, 6.07) is 0. The molecule has 0 bridgehead atoms. The number of carbonyl (C=O) groups is 1. The van der Waals surface area contributed by atoms with Gasteiger partial charge in [0.15, 0.2) is 0 Å². The summed E-state index contributed by atoms with van der Waals surface area (Å²) in [6.07, 6.45) is 3.23. The van der Waals surface area contributed by atoms with Gasteiger partial charge in [0.2, 0.25) is 5.01 Å². The molecule has 0 spiro atoms. The highest BCUT2D eigenvalue weighted by atomic mass is 32.1. The lowest BCUT2D eigenvalue weighted by Gasteiger charge is -2.21. The lowest BCUT2D eigenvalue weighted by atomic mass is 10.1. The van der Waals surface area contributed by atoms with Crippen LogP contribution in [0.5, 0.6) is 0 Å². The number of hydrogen-bond acceptors (Lipinski definition) is 5. The molecule has 0 saturated carbocycles. The molecule has 16 heavy (non-hydrogen) atoms. The molecule has 5 heteroatoms. The van der Waals surface area contributed by atoms with Crippen LogP contribution in [0.1, 0.15) is 21.9 Å². The van der Waals surface area contributed by atoms with Crippen molar-refractivity contribution in [1.29, 1.82) is 0 Å². The summed E-state index contributed by atoms with van der Waals surface area (Å²) in [5.74, 6) is -0.360. The third-order valence-electron chi connectivity index (χ3n) is 2.54. The first-order valence-electron chi connectivity index (χ1n) is 5.12. The van der Waals surface area contributed by atoms with Gasteiger partial charge in [-0.2, -0.15) is 0 Å². The van der Waals surface area contributed by atoms with Gasteiger partial charge >= 0.3 is 5.97 Å². The number of carbonyl (C=O) groups excluding carboxylic acids is 1. The molecule has 1 aromatic heterocycles. The average molecular weight is 238 g/mol. The van der Waals surface area contributed by atoms with E-state index in [1.165, 1.54) is 24.0 Å². The third kappa shape index (κ3) is 2.31. The van der Waals surface area contributed by atoms with Crippen LogP contribution in [-0.4, -0.2) is 43.1 Å². The second-order valence-corrected chi connectivity index (χ2v) is 4.64. The number of methoxy groups -OCH3 is 1. The third-order valence-corrected chi connectivity index (χ3v) is 3.36. The molecule has 86 valence electrons. The first-order chi connectivity index (χ1) is 7.70. The number of esters is 1. The molecule has 0 atom stereocenters. The minimum Gasteiger partial charge on any atom is -0.464 e. The van der Waals surface area contributed by atoms with Crippen molar-refractivity contribution >= 4 is 22.9 Å². The molecule has 0 saturated heterocycles. The second kappa shape index (κ2) is 4.76. The monoisotopic (exact) mass is 238 g/mol. The van der Waals surface area contributed by atoms with Crippen LogP contribution >= 0.6 is 11.3 Å². The molecule has 4 nitrogen and oxygen atoms in total. The molecule has 1 aliphatic heterocycles. The van der Waals surface area contributed by atoms with Crippen LogP contribution in [0.4, 0.5) is 0 Å². The Bertz CT molecular complexity index is 425. The summed E-state index contributed by atoms with van der Waals surface area (Å²) in [4.78, 5) is 17.8. The Morgan fingerprint density at radius 2 is 2.44 bits per heavy atom. The van der Waals surface area contributed by atoms with Gasteiger partial charge in [-0.1, -0.05) is 6.08 Å². The van der Waals surface area contributed by atoms with Gasteiger partial charge in [-0.25, -0.2) is 9.78 Å². The number of nitrogens with zero attached hydrogens (tertiary/aromatic N) is 2. The molecule has 0 amide bonds. The molecule has 0 N–H and O–H groups in total. The zero-order valence-electron chi connectivity index (χ0n) is 9.40. The predicted molar refractivity (Wildman–Crippen MR) is 63.5 cm³/mol. The first-order valence-corrected chi connectivity index (χ1v) is 6.00. The fourth-order valence-electron chi connectivity index (χ4n) is 1.68. The number of thiazole rings is 1. The number of rotatable bonds is 2. The minimum absolute atomic E-state index is 0.360. The maximum atomic E-state index is 11.3. The smallest absolute Gasteiger partial charge is 0.367 e. The number of aromatic nitrogens is 1. The van der Waals surface area contributed by atoms with Crippen molar-refractivity contribution in [3.8, 4) is 0 Å². The van der Waals surface area contributed by atoms with Gasteiger partial charge in [0, 0.05) is 18.5 Å². The van der Waals surface area contributed by atoms with Crippen LogP contribution in [0.25, 0.3) is 5.57 Å². The largest absolute Gasteiger partial charge is 0.464 e. The lowest BCUT2D eigenvalue weighted by molar-refractivity contribution is 0.0600. The topological polar surface area (TPSA) is 42.4 Å². The highest BCUT2D eigenvalue weighted by Gasteiger charge is 2.16. The normalized spacial score (nSPS) is 17.0. The number of ether oxygens (including phenoxy) is 1. The summed E-state index contributed by atoms with van der Waals surface area (Å²) in [5.41, 5.74) is 2.09. The van der Waals surface area contributed by atoms with Gasteiger partial charge < -0.3 is 9.64 Å². The summed E-state index contributed by atoms with van der Waals surface area (Å²) < 4.78 is 4.64. The van der Waals surface area contributed by atoms with E-state index in [1.807, 2.05) is 5.38 Å². The zero-order valence-corrected chi connectivity index (χ0v) is 10.2. The quantitative estimate of drug-likeness (QED) is 0.735. The maximum Gasteiger partial charge on any atom is 0.367 e. The molecule has 0 radical (unpaired) electrons. The van der Waals surface area contributed by atoms with E-state index in [9.17, 15) is 4.79 Å². The molecule has 0 aliphatic carbocycles. The van der Waals surface area contributed by atoms with E-state index in [2.05, 4.69) is 27.7 Å². The SMILES string of the molecule is COC(=O)c1nc(C2=CCCN(C)C2)cs1. The predicted octanol–water partition coefficient (Wildman–Crippen LogP) is 1.65. The summed E-state index contributed by atoms with van der Waals surface area (Å²) in [6.45, 7) is 1.97. The van der Waals surface area contributed by atoms with Crippen LogP contribution in [-0.2, 0) is 4.74 Å². The van der Waals surface area contributed by atoms with Crippen molar-refractivity contribution in [2.24, 2.45) is 0 Å². The molecule has 0 unspecified atom stereocenters. The Balaban J connectivity index is 2.18. The van der Waals surface area contributed by atoms with Crippen molar-refractivity contribution in [2.45, 2.75) is 6.42 Å². The van der Waals surface area contributed by atoms with E-state index in [1.54, 1.807) is 0 Å². The minimum atomic E-state index is -0.360. The molecule has 2 rings (SSSR count). The van der Waals surface area contributed by atoms with E-state index in [0.29, 0.717) is 5.01 Å². The van der Waals surface area contributed by atoms with E-state index >= 15 is 0 Å². The van der Waals surface area contributed by atoms with E-state index in [0.717, 1.165) is 25.2 Å². The molecule has 1 aliphatic rings. The van der Waals surface area contributed by atoms with E-state index in [-0.39, 0.29) is 5.97 Å². The van der Waals surface area contributed by atoms with E-state index < -0.39 is 0 Å². The summed E-state index contributed by atoms with van der Waals surface area (Å²) in [7, 11) is 3.46. The summed E-state index contributed by atoms with van der Waals surface area (Å²) >= 11 is 1.33. The van der Waals surface area contributed by atoms with Gasteiger partial charge in [-0.15, -0.1) is 11.3 Å². The van der Waals surface area contributed by atoms with Crippen molar-refractivity contribution in [3.63, 3.8) is 0 Å². The molecular formula is C11H14N2O2S. The zero-order chi connectivity index (χ0) is 11.5. The van der Waals surface area contributed by atoms with Gasteiger partial charge in [0.25, 0.3) is 0 Å². The standard InChI is InChI=1S/C11H14N2O2S/c1-13-5-3-4-8(6-13)9-7-16-10(12-9)11(14)15-2/h4,7H,3,5-6H2,1-2H3. The fraction of sp³-hybridized carbons (Fsp3) is 0.455. The molecule has 1 aromatic rings. The second-order valence-electron chi connectivity index (χ2n) is 3.79.